The Morgan fingerprint density at radius 2 is 1.73 bits per heavy atom. The lowest BCUT2D eigenvalue weighted by atomic mass is 10.2. The fourth-order valence-corrected chi connectivity index (χ4v) is 3.06. The van der Waals surface area contributed by atoms with E-state index in [1.165, 1.54) is 31.2 Å². The van der Waals surface area contributed by atoms with E-state index in [1.807, 2.05) is 0 Å². The number of phenols is 1. The lowest BCUT2D eigenvalue weighted by Gasteiger charge is -2.13. The van der Waals surface area contributed by atoms with Crippen LogP contribution in [-0.4, -0.2) is 19.4 Å². The Bertz CT molecular complexity index is 807. The van der Waals surface area contributed by atoms with Crippen LogP contribution in [0.2, 0.25) is 5.02 Å². The Kier molecular flexibility index (Phi) is 4.58. The van der Waals surface area contributed by atoms with Gasteiger partial charge in [0, 0.05) is 11.9 Å². The normalized spacial score (nSPS) is 11.0. The predicted octanol–water partition coefficient (Wildman–Crippen LogP) is 2.80. The molecule has 2 rings (SSSR count). The first kappa shape index (κ1) is 16.1. The number of rotatable bonds is 4. The molecule has 0 aromatic heterocycles. The third-order valence-corrected chi connectivity index (χ3v) is 4.28. The van der Waals surface area contributed by atoms with Gasteiger partial charge >= 0.3 is 0 Å². The van der Waals surface area contributed by atoms with Gasteiger partial charge in [-0.1, -0.05) is 29.8 Å². The first-order chi connectivity index (χ1) is 10.3. The summed E-state index contributed by atoms with van der Waals surface area (Å²) >= 11 is 5.88. The van der Waals surface area contributed by atoms with E-state index in [-0.39, 0.29) is 21.3 Å². The van der Waals surface area contributed by atoms with Crippen molar-refractivity contribution in [2.45, 2.75) is 11.8 Å². The van der Waals surface area contributed by atoms with E-state index in [4.69, 9.17) is 11.6 Å². The molecular weight excluding hydrogens is 328 g/mol. The van der Waals surface area contributed by atoms with Gasteiger partial charge in [-0.15, -0.1) is 0 Å². The summed E-state index contributed by atoms with van der Waals surface area (Å²) in [6, 6.07) is 10.2. The van der Waals surface area contributed by atoms with Crippen LogP contribution in [-0.2, 0) is 14.8 Å². The topological polar surface area (TPSA) is 95.5 Å². The summed E-state index contributed by atoms with van der Waals surface area (Å²) in [6.07, 6.45) is 0. The first-order valence-electron chi connectivity index (χ1n) is 6.17. The van der Waals surface area contributed by atoms with E-state index in [0.717, 1.165) is 0 Å². The zero-order valence-electron chi connectivity index (χ0n) is 11.5. The highest BCUT2D eigenvalue weighted by Gasteiger charge is 2.18. The maximum absolute atomic E-state index is 12.2. The number of carbonyl (C=O) groups is 1. The third-order valence-electron chi connectivity index (χ3n) is 2.68. The number of amides is 1. The van der Waals surface area contributed by atoms with E-state index in [2.05, 4.69) is 10.0 Å². The molecule has 0 bridgehead atoms. The van der Waals surface area contributed by atoms with E-state index in [9.17, 15) is 18.3 Å². The predicted molar refractivity (Wildman–Crippen MR) is 84.7 cm³/mol. The Labute approximate surface area is 132 Å². The number of phenolic OH excluding ortho intramolecular Hbond substituents is 1. The van der Waals surface area contributed by atoms with E-state index >= 15 is 0 Å². The second-order valence-electron chi connectivity index (χ2n) is 4.45. The van der Waals surface area contributed by atoms with Gasteiger partial charge in [0.1, 0.15) is 0 Å². The molecule has 0 atom stereocenters. The molecule has 8 heteroatoms. The molecule has 0 spiro atoms. The summed E-state index contributed by atoms with van der Waals surface area (Å²) in [5.74, 6) is -0.839. The average Bonchev–Trinajstić information content (AvgIpc) is 2.44. The van der Waals surface area contributed by atoms with Gasteiger partial charge in [0.25, 0.3) is 10.0 Å². The van der Waals surface area contributed by atoms with Crippen LogP contribution in [0.15, 0.2) is 47.4 Å². The number of aromatic hydroxyl groups is 1. The molecule has 2 aromatic rings. The van der Waals surface area contributed by atoms with Gasteiger partial charge in [-0.25, -0.2) is 8.42 Å². The number of anilines is 2. The van der Waals surface area contributed by atoms with Crippen LogP contribution in [0.3, 0.4) is 0 Å². The smallest absolute Gasteiger partial charge is 0.262 e. The van der Waals surface area contributed by atoms with Crippen molar-refractivity contribution in [3.05, 3.63) is 47.5 Å². The van der Waals surface area contributed by atoms with Crippen molar-refractivity contribution in [3.63, 3.8) is 0 Å². The van der Waals surface area contributed by atoms with Crippen molar-refractivity contribution in [1.82, 2.24) is 0 Å². The van der Waals surface area contributed by atoms with Crippen LogP contribution in [0.1, 0.15) is 6.92 Å². The summed E-state index contributed by atoms with van der Waals surface area (Å²) in [5, 5.41) is 12.6. The molecule has 0 saturated carbocycles. The fraction of sp³-hybridized carbons (Fsp3) is 0.0714. The molecule has 0 aliphatic heterocycles. The average molecular weight is 341 g/mol. The maximum atomic E-state index is 12.2. The third kappa shape index (κ3) is 3.69. The van der Waals surface area contributed by atoms with Gasteiger partial charge in [-0.3, -0.25) is 9.52 Å². The van der Waals surface area contributed by atoms with Gasteiger partial charge in [0.15, 0.2) is 5.75 Å². The molecule has 3 N–H and O–H groups in total. The van der Waals surface area contributed by atoms with Gasteiger partial charge in [0.05, 0.1) is 16.3 Å². The molecule has 0 radical (unpaired) electrons. The Morgan fingerprint density at radius 1 is 1.14 bits per heavy atom. The fourth-order valence-electron chi connectivity index (χ4n) is 1.77. The second-order valence-corrected chi connectivity index (χ2v) is 6.57. The standard InChI is InChI=1S/C14H13ClN2O4S/c1-9(18)16-12-7-10(15)8-13(14(12)19)17-22(20,21)11-5-3-2-4-6-11/h2-8,17,19H,1H3,(H,16,18). The molecule has 22 heavy (non-hydrogen) atoms. The Balaban J connectivity index is 2.42. The van der Waals surface area contributed by atoms with Crippen LogP contribution in [0.4, 0.5) is 11.4 Å². The van der Waals surface area contributed by atoms with Crippen molar-refractivity contribution < 1.29 is 18.3 Å². The second kappa shape index (κ2) is 6.25. The van der Waals surface area contributed by atoms with Crippen LogP contribution >= 0.6 is 11.6 Å². The highest BCUT2D eigenvalue weighted by molar-refractivity contribution is 7.92. The maximum Gasteiger partial charge on any atom is 0.262 e. The first-order valence-corrected chi connectivity index (χ1v) is 8.03. The lowest BCUT2D eigenvalue weighted by molar-refractivity contribution is -0.114. The highest BCUT2D eigenvalue weighted by Crippen LogP contribution is 2.36. The molecule has 0 heterocycles. The van der Waals surface area contributed by atoms with Crippen molar-refractivity contribution in [2.75, 3.05) is 10.0 Å². The molecule has 0 fully saturated rings. The molecule has 116 valence electrons. The monoisotopic (exact) mass is 340 g/mol. The summed E-state index contributed by atoms with van der Waals surface area (Å²) in [7, 11) is -3.88. The largest absolute Gasteiger partial charge is 0.504 e. The molecule has 6 nitrogen and oxygen atoms in total. The summed E-state index contributed by atoms with van der Waals surface area (Å²) in [5.41, 5.74) is -0.106. The number of nitrogens with one attached hydrogen (secondary N) is 2. The summed E-state index contributed by atoms with van der Waals surface area (Å²) in [4.78, 5) is 11.1. The van der Waals surface area contributed by atoms with Crippen molar-refractivity contribution >= 4 is 38.9 Å². The zero-order chi connectivity index (χ0) is 16.3. The van der Waals surface area contributed by atoms with Crippen molar-refractivity contribution in [2.24, 2.45) is 0 Å². The molecule has 0 aliphatic rings. The van der Waals surface area contributed by atoms with Crippen LogP contribution in [0.25, 0.3) is 0 Å². The van der Waals surface area contributed by atoms with Crippen molar-refractivity contribution in [1.29, 1.82) is 0 Å². The number of carbonyl (C=O) groups excluding carboxylic acids is 1. The zero-order valence-corrected chi connectivity index (χ0v) is 13.1. The van der Waals surface area contributed by atoms with Gasteiger partial charge in [0.2, 0.25) is 5.91 Å². The highest BCUT2D eigenvalue weighted by atomic mass is 35.5. The minimum absolute atomic E-state index is 0.0192. The SMILES string of the molecule is CC(=O)Nc1cc(Cl)cc(NS(=O)(=O)c2ccccc2)c1O. The van der Waals surface area contributed by atoms with E-state index in [0.29, 0.717) is 0 Å². The molecule has 2 aromatic carbocycles. The van der Waals surface area contributed by atoms with E-state index < -0.39 is 21.7 Å². The number of sulfonamides is 1. The minimum Gasteiger partial charge on any atom is -0.504 e. The Morgan fingerprint density at radius 3 is 2.32 bits per heavy atom. The number of hydrogen-bond donors (Lipinski definition) is 3. The van der Waals surface area contributed by atoms with Gasteiger partial charge < -0.3 is 10.4 Å². The van der Waals surface area contributed by atoms with E-state index in [1.54, 1.807) is 18.2 Å². The van der Waals surface area contributed by atoms with Gasteiger partial charge in [-0.2, -0.15) is 0 Å². The minimum atomic E-state index is -3.88. The molecular formula is C14H13ClN2O4S. The number of halogens is 1. The van der Waals surface area contributed by atoms with Gasteiger partial charge in [-0.05, 0) is 24.3 Å². The molecule has 0 saturated heterocycles. The van der Waals surface area contributed by atoms with Crippen LogP contribution in [0, 0.1) is 0 Å². The molecule has 0 unspecified atom stereocenters. The molecule has 1 amide bonds. The van der Waals surface area contributed by atoms with Crippen molar-refractivity contribution in [3.8, 4) is 5.75 Å². The van der Waals surface area contributed by atoms with Crippen LogP contribution in [0.5, 0.6) is 5.75 Å². The number of benzene rings is 2. The van der Waals surface area contributed by atoms with Crippen LogP contribution < -0.4 is 10.0 Å². The summed E-state index contributed by atoms with van der Waals surface area (Å²) < 4.78 is 26.7. The number of hydrogen-bond acceptors (Lipinski definition) is 4. The lowest BCUT2D eigenvalue weighted by Crippen LogP contribution is -2.14. The quantitative estimate of drug-likeness (QED) is 0.746. The molecule has 0 aliphatic carbocycles. The summed E-state index contributed by atoms with van der Waals surface area (Å²) in [6.45, 7) is 1.26. The Hall–Kier alpha value is -2.25.